The molecule has 0 aromatic carbocycles. The van der Waals surface area contributed by atoms with Crippen LogP contribution < -0.4 is 0 Å². The molecule has 0 rings (SSSR count). The molecule has 0 aliphatic carbocycles. The highest BCUT2D eigenvalue weighted by Gasteiger charge is 1.78. The van der Waals surface area contributed by atoms with E-state index in [1.807, 2.05) is 0 Å². The van der Waals surface area contributed by atoms with E-state index in [1.165, 1.54) is 12.4 Å². The monoisotopic (exact) mass is 174 g/mol. The Hall–Kier alpha value is -0.620. The number of hydrogen-bond acceptors (Lipinski definition) is 6. The van der Waals surface area contributed by atoms with E-state index in [0.29, 0.717) is 0 Å². The van der Waals surface area contributed by atoms with Crippen molar-refractivity contribution in [3.63, 3.8) is 0 Å². The third kappa shape index (κ3) is 7.38. The van der Waals surface area contributed by atoms with Gasteiger partial charge in [-0.05, 0) is 0 Å². The predicted octanol–water partition coefficient (Wildman–Crippen LogP) is 3.39. The van der Waals surface area contributed by atoms with E-state index in [0.717, 1.165) is 22.0 Å². The van der Waals surface area contributed by atoms with Crippen LogP contribution in [0.4, 0.5) is 0 Å². The van der Waals surface area contributed by atoms with Crippen LogP contribution in [0.15, 0.2) is 44.8 Å². The van der Waals surface area contributed by atoms with Crippen molar-refractivity contribution < 1.29 is 0 Å². The maximum absolute atomic E-state index is 3.56. The van der Waals surface area contributed by atoms with E-state index in [2.05, 4.69) is 32.4 Å². The van der Waals surface area contributed by atoms with Crippen molar-refractivity contribution in [2.45, 2.75) is 0 Å². The standard InChI is InChI=1S/C4H6N4S2/c1-3-5-7-9-10-8-6-4-2/h3-4H,1-2H2. The van der Waals surface area contributed by atoms with E-state index in [1.54, 1.807) is 0 Å². The molecule has 0 fully saturated rings. The second-order valence-corrected chi connectivity index (χ2v) is 2.43. The first-order chi connectivity index (χ1) is 4.91. The lowest BCUT2D eigenvalue weighted by Crippen LogP contribution is -1.40. The van der Waals surface area contributed by atoms with Crippen molar-refractivity contribution in [3.8, 4) is 0 Å². The highest BCUT2D eigenvalue weighted by Crippen LogP contribution is 2.23. The summed E-state index contributed by atoms with van der Waals surface area (Å²) in [6.07, 6.45) is 2.69. The molecule has 4 nitrogen and oxygen atoms in total. The second-order valence-electron chi connectivity index (χ2n) is 0.908. The molecule has 10 heavy (non-hydrogen) atoms. The molecule has 0 aromatic rings. The molecular formula is C4H6N4S2. The Morgan fingerprint density at radius 1 is 0.900 bits per heavy atom. The van der Waals surface area contributed by atoms with Gasteiger partial charge in [0.1, 0.15) is 0 Å². The molecule has 0 aromatic heterocycles. The van der Waals surface area contributed by atoms with Gasteiger partial charge in [-0.3, -0.25) is 0 Å². The van der Waals surface area contributed by atoms with Crippen LogP contribution in [0.3, 0.4) is 0 Å². The Kier molecular flexibility index (Phi) is 7.86. The van der Waals surface area contributed by atoms with Crippen LogP contribution in [0.1, 0.15) is 0 Å². The smallest absolute Gasteiger partial charge is 0.0938 e. The van der Waals surface area contributed by atoms with Crippen molar-refractivity contribution in [1.29, 1.82) is 0 Å². The van der Waals surface area contributed by atoms with Gasteiger partial charge in [0.15, 0.2) is 0 Å². The van der Waals surface area contributed by atoms with E-state index in [4.69, 9.17) is 0 Å². The normalized spacial score (nSPS) is 10.8. The lowest BCUT2D eigenvalue weighted by atomic mass is 11.1. The molecule has 0 spiro atoms. The van der Waals surface area contributed by atoms with Gasteiger partial charge in [-0.15, -0.1) is 9.04 Å². The molecule has 0 aliphatic heterocycles. The maximum atomic E-state index is 3.56. The summed E-state index contributed by atoms with van der Waals surface area (Å²) in [6, 6.07) is 0. The summed E-state index contributed by atoms with van der Waals surface area (Å²) in [4.78, 5) is 0. The average molecular weight is 174 g/mol. The van der Waals surface area contributed by atoms with Crippen LogP contribution in [0.5, 0.6) is 0 Å². The fourth-order valence-corrected chi connectivity index (χ4v) is 0.815. The molecule has 0 radical (unpaired) electrons. The molecule has 0 heterocycles. The summed E-state index contributed by atoms with van der Waals surface area (Å²) in [5.74, 6) is 0. The minimum atomic E-state index is 1.11. The predicted molar refractivity (Wildman–Crippen MR) is 45.3 cm³/mol. The van der Waals surface area contributed by atoms with E-state index >= 15 is 0 Å². The molecule has 54 valence electrons. The minimum Gasteiger partial charge on any atom is -0.151 e. The van der Waals surface area contributed by atoms with Crippen molar-refractivity contribution in [3.05, 3.63) is 25.6 Å². The Bertz CT molecular complexity index is 135. The van der Waals surface area contributed by atoms with E-state index < -0.39 is 0 Å². The fraction of sp³-hybridized carbons (Fsp3) is 0. The summed E-state index contributed by atoms with van der Waals surface area (Å²) in [7, 11) is 2.23. The molecule has 0 aliphatic rings. The van der Waals surface area contributed by atoms with Gasteiger partial charge in [-0.2, -0.15) is 10.2 Å². The zero-order chi connectivity index (χ0) is 7.66. The van der Waals surface area contributed by atoms with E-state index in [9.17, 15) is 0 Å². The van der Waals surface area contributed by atoms with Crippen molar-refractivity contribution in [1.82, 2.24) is 0 Å². The lowest BCUT2D eigenvalue weighted by Gasteiger charge is -1.77. The first-order valence-electron chi connectivity index (χ1n) is 2.26. The molecule has 0 bridgehead atoms. The van der Waals surface area contributed by atoms with Gasteiger partial charge in [-0.25, -0.2) is 0 Å². The van der Waals surface area contributed by atoms with Crippen LogP contribution in [0, 0.1) is 0 Å². The summed E-state index contributed by atoms with van der Waals surface area (Å²) in [5, 5.41) is 6.95. The van der Waals surface area contributed by atoms with Crippen molar-refractivity contribution in [2.75, 3.05) is 0 Å². The largest absolute Gasteiger partial charge is 0.151 e. The SMILES string of the molecule is C=CN=NSSN=NC=C. The van der Waals surface area contributed by atoms with Gasteiger partial charge in [0.05, 0.1) is 22.0 Å². The molecule has 0 saturated carbocycles. The molecule has 0 atom stereocenters. The van der Waals surface area contributed by atoms with Crippen molar-refractivity contribution >= 4 is 22.0 Å². The topological polar surface area (TPSA) is 49.4 Å². The Morgan fingerprint density at radius 3 is 1.60 bits per heavy atom. The number of nitrogens with zero attached hydrogens (tertiary/aromatic N) is 4. The van der Waals surface area contributed by atoms with Crippen LogP contribution in [-0.2, 0) is 0 Å². The quantitative estimate of drug-likeness (QED) is 0.277. The number of rotatable bonds is 5. The van der Waals surface area contributed by atoms with Gasteiger partial charge < -0.3 is 0 Å². The van der Waals surface area contributed by atoms with Crippen LogP contribution in [0.25, 0.3) is 0 Å². The Labute approximate surface area is 67.3 Å². The zero-order valence-electron chi connectivity index (χ0n) is 5.17. The summed E-state index contributed by atoms with van der Waals surface area (Å²) in [5.41, 5.74) is 0. The van der Waals surface area contributed by atoms with Gasteiger partial charge in [-0.1, -0.05) is 13.2 Å². The van der Waals surface area contributed by atoms with Crippen LogP contribution in [0.2, 0.25) is 0 Å². The molecule has 6 heteroatoms. The zero-order valence-corrected chi connectivity index (χ0v) is 6.81. The maximum Gasteiger partial charge on any atom is 0.0938 e. The lowest BCUT2D eigenvalue weighted by molar-refractivity contribution is 1.35. The first kappa shape index (κ1) is 9.38. The Morgan fingerprint density at radius 2 is 1.30 bits per heavy atom. The molecule has 0 amide bonds. The molecular weight excluding hydrogens is 168 g/mol. The molecule has 0 unspecified atom stereocenters. The van der Waals surface area contributed by atoms with Gasteiger partial charge in [0.2, 0.25) is 0 Å². The average Bonchev–Trinajstić information content (AvgIpc) is 1.97. The van der Waals surface area contributed by atoms with Gasteiger partial charge >= 0.3 is 0 Å². The minimum absolute atomic E-state index is 1.11. The second kappa shape index (κ2) is 8.38. The molecule has 0 N–H and O–H groups in total. The number of hydrogen-bond donors (Lipinski definition) is 0. The Balaban J connectivity index is 3.19. The summed E-state index contributed by atoms with van der Waals surface area (Å²) in [6.45, 7) is 6.68. The van der Waals surface area contributed by atoms with Crippen LogP contribution in [-0.4, -0.2) is 0 Å². The molecule has 0 saturated heterocycles. The van der Waals surface area contributed by atoms with Gasteiger partial charge in [0.25, 0.3) is 0 Å². The van der Waals surface area contributed by atoms with E-state index in [-0.39, 0.29) is 0 Å². The highest BCUT2D eigenvalue weighted by atomic mass is 33.1. The summed E-state index contributed by atoms with van der Waals surface area (Å²) >= 11 is 0. The van der Waals surface area contributed by atoms with Gasteiger partial charge in [0, 0.05) is 12.4 Å². The summed E-state index contributed by atoms with van der Waals surface area (Å²) < 4.78 is 7.12. The highest BCUT2D eigenvalue weighted by molar-refractivity contribution is 8.75. The van der Waals surface area contributed by atoms with Crippen LogP contribution >= 0.6 is 22.0 Å². The first-order valence-corrected chi connectivity index (χ1v) is 4.33. The fourth-order valence-electron chi connectivity index (χ4n) is 0.135. The van der Waals surface area contributed by atoms with Crippen molar-refractivity contribution in [2.24, 2.45) is 19.3 Å². The third-order valence-corrected chi connectivity index (χ3v) is 1.35. The third-order valence-electron chi connectivity index (χ3n) is 0.358.